The fraction of sp³-hybridized carbons (Fsp3) is 0.600. The summed E-state index contributed by atoms with van der Waals surface area (Å²) in [5, 5.41) is 0. The van der Waals surface area contributed by atoms with Crippen molar-refractivity contribution in [1.29, 1.82) is 0 Å². The van der Waals surface area contributed by atoms with Crippen LogP contribution in [-0.4, -0.2) is 31.1 Å². The fourth-order valence-electron chi connectivity index (χ4n) is 2.71. The van der Waals surface area contributed by atoms with Crippen molar-refractivity contribution < 1.29 is 4.74 Å². The molecule has 1 atom stereocenters. The predicted octanol–water partition coefficient (Wildman–Crippen LogP) is 3.44. The van der Waals surface area contributed by atoms with Crippen LogP contribution in [0.25, 0.3) is 0 Å². The molecule has 1 unspecified atom stereocenters. The standard InChI is InChI=1S/C15H23BrN2O.ClH/c1-15(2)10-18(7-6-14(15)17)9-11-4-5-12(16)8-13(11)19-3;/h4-5,8,14H,6-7,9-10,17H2,1-3H3;1H. The molecule has 0 radical (unpaired) electrons. The van der Waals surface area contributed by atoms with Crippen molar-refractivity contribution in [1.82, 2.24) is 4.90 Å². The first-order valence-corrected chi connectivity index (χ1v) is 7.52. The van der Waals surface area contributed by atoms with Crippen molar-refractivity contribution in [2.45, 2.75) is 32.9 Å². The van der Waals surface area contributed by atoms with Crippen LogP contribution in [0.1, 0.15) is 25.8 Å². The second kappa shape index (κ2) is 7.12. The van der Waals surface area contributed by atoms with Crippen molar-refractivity contribution in [3.63, 3.8) is 0 Å². The number of halogens is 2. The number of rotatable bonds is 3. The van der Waals surface area contributed by atoms with E-state index in [4.69, 9.17) is 10.5 Å². The van der Waals surface area contributed by atoms with Gasteiger partial charge in [0.05, 0.1) is 7.11 Å². The molecule has 1 aromatic rings. The zero-order chi connectivity index (χ0) is 14.0. The van der Waals surface area contributed by atoms with Crippen molar-refractivity contribution in [2.24, 2.45) is 11.1 Å². The lowest BCUT2D eigenvalue weighted by Crippen LogP contribution is -2.52. The molecule has 1 aromatic carbocycles. The molecule has 5 heteroatoms. The summed E-state index contributed by atoms with van der Waals surface area (Å²) in [5.74, 6) is 0.946. The van der Waals surface area contributed by atoms with Crippen LogP contribution in [0.3, 0.4) is 0 Å². The molecule has 0 bridgehead atoms. The normalized spacial score (nSPS) is 22.1. The van der Waals surface area contributed by atoms with Crippen LogP contribution in [-0.2, 0) is 6.54 Å². The number of methoxy groups -OCH3 is 1. The first-order chi connectivity index (χ1) is 8.92. The summed E-state index contributed by atoms with van der Waals surface area (Å²) in [6.45, 7) is 7.52. The molecule has 0 saturated carbocycles. The second-order valence-electron chi connectivity index (χ2n) is 6.05. The summed E-state index contributed by atoms with van der Waals surface area (Å²) in [7, 11) is 1.72. The van der Waals surface area contributed by atoms with E-state index in [0.29, 0.717) is 6.04 Å². The zero-order valence-electron chi connectivity index (χ0n) is 12.4. The summed E-state index contributed by atoms with van der Waals surface area (Å²) in [5.41, 5.74) is 7.60. The molecule has 0 aliphatic carbocycles. The van der Waals surface area contributed by atoms with E-state index in [-0.39, 0.29) is 17.8 Å². The molecule has 0 spiro atoms. The molecule has 1 aliphatic rings. The topological polar surface area (TPSA) is 38.5 Å². The Morgan fingerprint density at radius 2 is 2.15 bits per heavy atom. The Kier molecular flexibility index (Phi) is 6.32. The maximum Gasteiger partial charge on any atom is 0.124 e. The summed E-state index contributed by atoms with van der Waals surface area (Å²) in [6.07, 6.45) is 1.06. The third kappa shape index (κ3) is 4.10. The minimum atomic E-state index is 0. The second-order valence-corrected chi connectivity index (χ2v) is 6.97. The van der Waals surface area contributed by atoms with Gasteiger partial charge in [0.25, 0.3) is 0 Å². The van der Waals surface area contributed by atoms with Crippen LogP contribution in [0.2, 0.25) is 0 Å². The van der Waals surface area contributed by atoms with E-state index in [1.165, 1.54) is 5.56 Å². The van der Waals surface area contributed by atoms with Gasteiger partial charge in [0.2, 0.25) is 0 Å². The molecule has 0 amide bonds. The number of ether oxygens (including phenoxy) is 1. The zero-order valence-corrected chi connectivity index (χ0v) is 14.8. The van der Waals surface area contributed by atoms with Crippen molar-refractivity contribution in [2.75, 3.05) is 20.2 Å². The Bertz CT molecular complexity index is 453. The van der Waals surface area contributed by atoms with Crippen LogP contribution >= 0.6 is 28.3 Å². The fourth-order valence-corrected chi connectivity index (χ4v) is 3.05. The predicted molar refractivity (Wildman–Crippen MR) is 89.6 cm³/mol. The number of piperidine rings is 1. The maximum atomic E-state index is 6.19. The van der Waals surface area contributed by atoms with Gasteiger partial charge in [0, 0.05) is 35.7 Å². The van der Waals surface area contributed by atoms with Crippen LogP contribution in [0.4, 0.5) is 0 Å². The third-order valence-electron chi connectivity index (χ3n) is 4.03. The SMILES string of the molecule is COc1cc(Br)ccc1CN1CCC(N)C(C)(C)C1.Cl. The van der Waals surface area contributed by atoms with Crippen molar-refractivity contribution in [3.8, 4) is 5.75 Å². The highest BCUT2D eigenvalue weighted by molar-refractivity contribution is 9.10. The molecule has 2 rings (SSSR count). The first kappa shape index (κ1) is 17.8. The molecule has 0 aromatic heterocycles. The summed E-state index contributed by atoms with van der Waals surface area (Å²) in [4.78, 5) is 2.47. The quantitative estimate of drug-likeness (QED) is 0.894. The lowest BCUT2D eigenvalue weighted by atomic mass is 9.79. The molecule has 114 valence electrons. The van der Waals surface area contributed by atoms with E-state index in [9.17, 15) is 0 Å². The van der Waals surface area contributed by atoms with Gasteiger partial charge >= 0.3 is 0 Å². The van der Waals surface area contributed by atoms with Gasteiger partial charge in [0.1, 0.15) is 5.75 Å². The smallest absolute Gasteiger partial charge is 0.124 e. The highest BCUT2D eigenvalue weighted by atomic mass is 79.9. The highest BCUT2D eigenvalue weighted by Crippen LogP contribution is 2.30. The van der Waals surface area contributed by atoms with Gasteiger partial charge in [-0.2, -0.15) is 0 Å². The first-order valence-electron chi connectivity index (χ1n) is 6.73. The lowest BCUT2D eigenvalue weighted by Gasteiger charge is -2.42. The molecule has 1 aliphatic heterocycles. The lowest BCUT2D eigenvalue weighted by molar-refractivity contribution is 0.0892. The molecule has 2 N–H and O–H groups in total. The number of nitrogens with zero attached hydrogens (tertiary/aromatic N) is 1. The Labute approximate surface area is 136 Å². The van der Waals surface area contributed by atoms with Gasteiger partial charge in [-0.05, 0) is 24.0 Å². The van der Waals surface area contributed by atoms with Gasteiger partial charge in [-0.1, -0.05) is 35.8 Å². The van der Waals surface area contributed by atoms with Gasteiger partial charge in [-0.15, -0.1) is 12.4 Å². The minimum absolute atomic E-state index is 0. The monoisotopic (exact) mass is 362 g/mol. The molecule has 1 heterocycles. The number of nitrogens with two attached hydrogens (primary N) is 1. The van der Waals surface area contributed by atoms with E-state index < -0.39 is 0 Å². The number of hydrogen-bond donors (Lipinski definition) is 1. The Balaban J connectivity index is 0.00000200. The molecule has 1 saturated heterocycles. The van der Waals surface area contributed by atoms with Gasteiger partial charge in [-0.25, -0.2) is 0 Å². The summed E-state index contributed by atoms with van der Waals surface area (Å²) in [6, 6.07) is 6.52. The van der Waals surface area contributed by atoms with Crippen LogP contribution in [0, 0.1) is 5.41 Å². The van der Waals surface area contributed by atoms with Gasteiger partial charge < -0.3 is 10.5 Å². The molecule has 3 nitrogen and oxygen atoms in total. The Morgan fingerprint density at radius 3 is 2.75 bits per heavy atom. The third-order valence-corrected chi connectivity index (χ3v) is 4.53. The number of likely N-dealkylation sites (tertiary alicyclic amines) is 1. The maximum absolute atomic E-state index is 6.19. The van der Waals surface area contributed by atoms with Crippen LogP contribution in [0.15, 0.2) is 22.7 Å². The van der Waals surface area contributed by atoms with E-state index in [0.717, 1.165) is 36.3 Å². The van der Waals surface area contributed by atoms with Crippen LogP contribution in [0.5, 0.6) is 5.75 Å². The van der Waals surface area contributed by atoms with Gasteiger partial charge in [0.15, 0.2) is 0 Å². The number of hydrogen-bond acceptors (Lipinski definition) is 3. The van der Waals surface area contributed by atoms with Crippen molar-refractivity contribution in [3.05, 3.63) is 28.2 Å². The largest absolute Gasteiger partial charge is 0.496 e. The molecule has 1 fully saturated rings. The van der Waals surface area contributed by atoms with Crippen LogP contribution < -0.4 is 10.5 Å². The van der Waals surface area contributed by atoms with E-state index in [2.05, 4.69) is 46.8 Å². The Hall–Kier alpha value is -0.290. The van der Waals surface area contributed by atoms with E-state index in [1.807, 2.05) is 6.07 Å². The van der Waals surface area contributed by atoms with Crippen molar-refractivity contribution >= 4 is 28.3 Å². The summed E-state index contributed by atoms with van der Waals surface area (Å²) < 4.78 is 6.51. The highest BCUT2D eigenvalue weighted by Gasteiger charge is 2.33. The molecule has 20 heavy (non-hydrogen) atoms. The van der Waals surface area contributed by atoms with Gasteiger partial charge in [-0.3, -0.25) is 4.90 Å². The van der Waals surface area contributed by atoms with E-state index >= 15 is 0 Å². The number of benzene rings is 1. The average Bonchev–Trinajstić information content (AvgIpc) is 2.35. The molecular weight excluding hydrogens is 340 g/mol. The summed E-state index contributed by atoms with van der Waals surface area (Å²) >= 11 is 3.48. The molecular formula is C15H24BrClN2O. The Morgan fingerprint density at radius 1 is 1.45 bits per heavy atom. The average molecular weight is 364 g/mol. The minimum Gasteiger partial charge on any atom is -0.496 e. The van der Waals surface area contributed by atoms with E-state index in [1.54, 1.807) is 7.11 Å².